The van der Waals surface area contributed by atoms with Crippen molar-refractivity contribution in [3.63, 3.8) is 0 Å². The summed E-state index contributed by atoms with van der Waals surface area (Å²) in [7, 11) is 0. The van der Waals surface area contributed by atoms with Gasteiger partial charge in [0.15, 0.2) is 0 Å². The molecule has 0 amide bonds. The molecule has 1 aromatic heterocycles. The molecule has 2 aromatic rings. The van der Waals surface area contributed by atoms with E-state index in [0.29, 0.717) is 0 Å². The highest BCUT2D eigenvalue weighted by atomic mass is 16.6. The van der Waals surface area contributed by atoms with Crippen LogP contribution in [0, 0.1) is 18.9 Å². The maximum Gasteiger partial charge on any atom is 0.419 e. The van der Waals surface area contributed by atoms with Gasteiger partial charge in [0.05, 0.1) is 11.1 Å². The molecule has 1 aromatic carbocycles. The topological polar surface area (TPSA) is 57.2 Å². The maximum absolute atomic E-state index is 12.3. The highest BCUT2D eigenvalue weighted by Gasteiger charge is 2.20. The fraction of sp³-hybridized carbons (Fsp3) is 0.312. The third-order valence-electron chi connectivity index (χ3n) is 2.83. The van der Waals surface area contributed by atoms with Crippen LogP contribution in [-0.2, 0) is 4.74 Å². The van der Waals surface area contributed by atoms with Gasteiger partial charge in [0.25, 0.3) is 0 Å². The number of nitrogens with two attached hydrogens (primary N) is 1. The van der Waals surface area contributed by atoms with Crippen LogP contribution >= 0.6 is 0 Å². The van der Waals surface area contributed by atoms with Crippen molar-refractivity contribution < 1.29 is 9.53 Å². The van der Waals surface area contributed by atoms with Gasteiger partial charge in [0.1, 0.15) is 5.60 Å². The Bertz CT molecular complexity index is 724. The van der Waals surface area contributed by atoms with Crippen LogP contribution in [-0.4, -0.2) is 16.3 Å². The van der Waals surface area contributed by atoms with Crippen LogP contribution in [0.4, 0.5) is 4.79 Å². The first-order valence-electron chi connectivity index (χ1n) is 6.39. The Kier molecular flexibility index (Phi) is 3.46. The van der Waals surface area contributed by atoms with Gasteiger partial charge in [-0.2, -0.15) is 0 Å². The first-order valence-corrected chi connectivity index (χ1v) is 6.39. The van der Waals surface area contributed by atoms with E-state index in [2.05, 4.69) is 12.0 Å². The van der Waals surface area contributed by atoms with Gasteiger partial charge in [-0.05, 0) is 45.2 Å². The van der Waals surface area contributed by atoms with Crippen molar-refractivity contribution >= 4 is 17.0 Å². The number of carbonyl (C=O) groups is 1. The standard InChI is InChI=1S/C16H18N2O2/c1-11-6-5-7-13-14(11)12(8-9-17)10-18(13)15(19)20-16(2,3)4/h5-7,10H,17H2,1-4H3. The van der Waals surface area contributed by atoms with Crippen molar-refractivity contribution in [3.05, 3.63) is 35.5 Å². The Morgan fingerprint density at radius 2 is 2.05 bits per heavy atom. The van der Waals surface area contributed by atoms with Crippen molar-refractivity contribution in [1.82, 2.24) is 4.57 Å². The van der Waals surface area contributed by atoms with Crippen LogP contribution in [0.15, 0.2) is 24.4 Å². The molecule has 0 fully saturated rings. The molecule has 104 valence electrons. The third kappa shape index (κ3) is 2.62. The second-order valence-corrected chi connectivity index (χ2v) is 5.63. The summed E-state index contributed by atoms with van der Waals surface area (Å²) in [6, 6.07) is 8.13. The molecule has 0 atom stereocenters. The molecular formula is C16H18N2O2. The first kappa shape index (κ1) is 14.0. The van der Waals surface area contributed by atoms with Crippen LogP contribution in [0.25, 0.3) is 10.9 Å². The SMILES string of the molecule is Cc1cccc2c1c(C#CN)cn2C(=O)OC(C)(C)C. The summed E-state index contributed by atoms with van der Waals surface area (Å²) in [5, 5.41) is 0.927. The fourth-order valence-electron chi connectivity index (χ4n) is 2.10. The molecule has 1 heterocycles. The molecule has 0 spiro atoms. The lowest BCUT2D eigenvalue weighted by Crippen LogP contribution is -2.26. The van der Waals surface area contributed by atoms with Gasteiger partial charge >= 0.3 is 6.09 Å². The van der Waals surface area contributed by atoms with E-state index in [4.69, 9.17) is 10.5 Å². The highest BCUT2D eigenvalue weighted by Crippen LogP contribution is 2.25. The highest BCUT2D eigenvalue weighted by molar-refractivity contribution is 5.95. The van der Waals surface area contributed by atoms with E-state index in [9.17, 15) is 4.79 Å². The zero-order chi connectivity index (χ0) is 14.9. The summed E-state index contributed by atoms with van der Waals surface area (Å²) in [4.78, 5) is 12.3. The monoisotopic (exact) mass is 270 g/mol. The second kappa shape index (κ2) is 4.93. The quantitative estimate of drug-likeness (QED) is 0.591. The van der Waals surface area contributed by atoms with Crippen molar-refractivity contribution in [1.29, 1.82) is 0 Å². The number of aromatic nitrogens is 1. The van der Waals surface area contributed by atoms with Gasteiger partial charge in [-0.15, -0.1) is 0 Å². The molecule has 0 aliphatic rings. The number of hydrogen-bond donors (Lipinski definition) is 1. The Hall–Kier alpha value is -2.41. The minimum atomic E-state index is -0.544. The fourth-order valence-corrected chi connectivity index (χ4v) is 2.10. The maximum atomic E-state index is 12.3. The molecule has 0 aliphatic heterocycles. The van der Waals surface area contributed by atoms with E-state index >= 15 is 0 Å². The molecule has 0 aliphatic carbocycles. The van der Waals surface area contributed by atoms with Crippen molar-refractivity contribution in [2.45, 2.75) is 33.3 Å². The Morgan fingerprint density at radius 3 is 2.65 bits per heavy atom. The molecule has 2 N–H and O–H groups in total. The number of ether oxygens (including phenoxy) is 1. The number of benzene rings is 1. The van der Waals surface area contributed by atoms with Gasteiger partial charge < -0.3 is 10.5 Å². The number of carbonyl (C=O) groups excluding carboxylic acids is 1. The Labute approximate surface area is 118 Å². The average molecular weight is 270 g/mol. The van der Waals surface area contributed by atoms with E-state index in [1.54, 1.807) is 6.20 Å². The number of rotatable bonds is 0. The molecule has 0 radical (unpaired) electrons. The predicted octanol–water partition coefficient (Wildman–Crippen LogP) is 3.00. The summed E-state index contributed by atoms with van der Waals surface area (Å²) < 4.78 is 6.89. The second-order valence-electron chi connectivity index (χ2n) is 5.63. The summed E-state index contributed by atoms with van der Waals surface area (Å²) >= 11 is 0. The van der Waals surface area contributed by atoms with Crippen LogP contribution in [0.2, 0.25) is 0 Å². The van der Waals surface area contributed by atoms with Crippen LogP contribution in [0.5, 0.6) is 0 Å². The normalized spacial score (nSPS) is 11.0. The summed E-state index contributed by atoms with van der Waals surface area (Å²) in [5.41, 5.74) is 7.31. The van der Waals surface area contributed by atoms with Crippen LogP contribution in [0.3, 0.4) is 0 Å². The summed E-state index contributed by atoms with van der Waals surface area (Å²) in [6.45, 7) is 7.48. The van der Waals surface area contributed by atoms with E-state index in [-0.39, 0.29) is 0 Å². The number of aryl methyl sites for hydroxylation is 1. The molecule has 0 bridgehead atoms. The minimum absolute atomic E-state index is 0.418. The molecule has 4 nitrogen and oxygen atoms in total. The van der Waals surface area contributed by atoms with E-state index < -0.39 is 11.7 Å². The zero-order valence-corrected chi connectivity index (χ0v) is 12.2. The van der Waals surface area contributed by atoms with E-state index in [0.717, 1.165) is 22.0 Å². The zero-order valence-electron chi connectivity index (χ0n) is 12.2. The van der Waals surface area contributed by atoms with E-state index in [1.165, 1.54) is 4.57 Å². The van der Waals surface area contributed by atoms with Crippen LogP contribution in [0.1, 0.15) is 31.9 Å². The molecule has 0 unspecified atom stereocenters. The minimum Gasteiger partial charge on any atom is -0.443 e. The van der Waals surface area contributed by atoms with Crippen molar-refractivity contribution in [3.8, 4) is 12.0 Å². The smallest absolute Gasteiger partial charge is 0.419 e. The Balaban J connectivity index is 2.62. The molecular weight excluding hydrogens is 252 g/mol. The molecule has 2 rings (SSSR count). The number of nitrogens with zero attached hydrogens (tertiary/aromatic N) is 1. The first-order chi connectivity index (χ1) is 9.33. The van der Waals surface area contributed by atoms with Crippen molar-refractivity contribution in [2.75, 3.05) is 0 Å². The van der Waals surface area contributed by atoms with E-state index in [1.807, 2.05) is 45.9 Å². The summed E-state index contributed by atoms with van der Waals surface area (Å²) in [5.74, 6) is 2.83. The molecule has 0 saturated heterocycles. The number of fused-ring (bicyclic) bond motifs is 1. The lowest BCUT2D eigenvalue weighted by Gasteiger charge is -2.19. The predicted molar refractivity (Wildman–Crippen MR) is 79.4 cm³/mol. The average Bonchev–Trinajstić information content (AvgIpc) is 2.68. The molecule has 20 heavy (non-hydrogen) atoms. The van der Waals surface area contributed by atoms with Gasteiger partial charge in [-0.25, -0.2) is 4.79 Å². The largest absolute Gasteiger partial charge is 0.443 e. The lowest BCUT2D eigenvalue weighted by molar-refractivity contribution is 0.0544. The summed E-state index contributed by atoms with van der Waals surface area (Å²) in [6.07, 6.45) is 1.25. The molecule has 0 saturated carbocycles. The van der Waals surface area contributed by atoms with Gasteiger partial charge in [0.2, 0.25) is 0 Å². The van der Waals surface area contributed by atoms with Crippen LogP contribution < -0.4 is 5.73 Å². The lowest BCUT2D eigenvalue weighted by atomic mass is 10.1. The number of hydrogen-bond acceptors (Lipinski definition) is 3. The van der Waals surface area contributed by atoms with Crippen molar-refractivity contribution in [2.24, 2.45) is 5.73 Å². The van der Waals surface area contributed by atoms with Gasteiger partial charge in [-0.3, -0.25) is 4.57 Å². The Morgan fingerprint density at radius 1 is 1.35 bits per heavy atom. The molecule has 4 heteroatoms. The third-order valence-corrected chi connectivity index (χ3v) is 2.83. The van der Waals surface area contributed by atoms with Gasteiger partial charge in [0, 0.05) is 17.6 Å². The van der Waals surface area contributed by atoms with Gasteiger partial charge in [-0.1, -0.05) is 12.1 Å².